The van der Waals surface area contributed by atoms with Crippen molar-refractivity contribution in [1.82, 2.24) is 10.2 Å². The number of methoxy groups -OCH3 is 1. The van der Waals surface area contributed by atoms with Gasteiger partial charge in [-0.05, 0) is 53.5 Å². The molecule has 1 aliphatic heterocycles. The van der Waals surface area contributed by atoms with Crippen molar-refractivity contribution in [2.75, 3.05) is 26.8 Å². The monoisotopic (exact) mass is 432 g/mol. The molecule has 0 saturated carbocycles. The summed E-state index contributed by atoms with van der Waals surface area (Å²) in [5.41, 5.74) is 0. The van der Waals surface area contributed by atoms with Crippen molar-refractivity contribution in [1.29, 1.82) is 0 Å². The minimum Gasteiger partial charge on any atom is -0.497 e. The summed E-state index contributed by atoms with van der Waals surface area (Å²) in [7, 11) is 1.59. The van der Waals surface area contributed by atoms with Crippen LogP contribution in [0.3, 0.4) is 0 Å². The number of hydrogen-bond acceptors (Lipinski definition) is 7. The topological polar surface area (TPSA) is 84.9 Å². The van der Waals surface area contributed by atoms with Gasteiger partial charge >= 0.3 is 0 Å². The summed E-state index contributed by atoms with van der Waals surface area (Å²) >= 11 is 2.41. The number of amides is 3. The van der Waals surface area contributed by atoms with E-state index >= 15 is 0 Å². The lowest BCUT2D eigenvalue weighted by Gasteiger charge is -2.13. The number of thiophene rings is 1. The third-order valence-corrected chi connectivity index (χ3v) is 5.73. The third-order valence-electron chi connectivity index (χ3n) is 4.00. The van der Waals surface area contributed by atoms with Gasteiger partial charge in [-0.25, -0.2) is 0 Å². The van der Waals surface area contributed by atoms with Crippen molar-refractivity contribution in [3.63, 3.8) is 0 Å². The molecule has 1 N–H and O–H groups in total. The third kappa shape index (κ3) is 5.85. The SMILES string of the molecule is COc1ccc(OCCC(=O)NCCN2C(=O)S/C(=C/c3cccs3)C2=O)cc1. The lowest BCUT2D eigenvalue weighted by atomic mass is 10.3. The number of nitrogens with one attached hydrogen (secondary N) is 1. The molecular weight excluding hydrogens is 412 g/mol. The molecule has 1 saturated heterocycles. The minimum atomic E-state index is -0.328. The molecule has 152 valence electrons. The Bertz CT molecular complexity index is 894. The Morgan fingerprint density at radius 3 is 2.62 bits per heavy atom. The van der Waals surface area contributed by atoms with Crippen molar-refractivity contribution in [2.45, 2.75) is 6.42 Å². The second kappa shape index (κ2) is 10.1. The number of benzene rings is 1. The molecule has 0 atom stereocenters. The van der Waals surface area contributed by atoms with Crippen molar-refractivity contribution in [3.8, 4) is 11.5 Å². The average Bonchev–Trinajstić information content (AvgIpc) is 3.32. The molecule has 1 aromatic carbocycles. The maximum atomic E-state index is 12.4. The molecule has 3 amide bonds. The van der Waals surface area contributed by atoms with Crippen LogP contribution in [0.1, 0.15) is 11.3 Å². The van der Waals surface area contributed by atoms with Crippen LogP contribution in [0.2, 0.25) is 0 Å². The Morgan fingerprint density at radius 2 is 1.93 bits per heavy atom. The Balaban J connectivity index is 1.38. The number of carbonyl (C=O) groups excluding carboxylic acids is 3. The summed E-state index contributed by atoms with van der Waals surface area (Å²) in [6, 6.07) is 10.8. The molecular formula is C20H20N2O5S2. The van der Waals surface area contributed by atoms with Crippen LogP contribution >= 0.6 is 23.1 Å². The van der Waals surface area contributed by atoms with E-state index in [1.807, 2.05) is 17.5 Å². The van der Waals surface area contributed by atoms with E-state index < -0.39 is 0 Å². The lowest BCUT2D eigenvalue weighted by Crippen LogP contribution is -2.37. The van der Waals surface area contributed by atoms with E-state index in [9.17, 15) is 14.4 Å². The molecule has 0 bridgehead atoms. The van der Waals surface area contributed by atoms with E-state index in [-0.39, 0.29) is 43.2 Å². The Morgan fingerprint density at radius 1 is 1.17 bits per heavy atom. The van der Waals surface area contributed by atoms with Crippen molar-refractivity contribution < 1.29 is 23.9 Å². The van der Waals surface area contributed by atoms with Crippen LogP contribution < -0.4 is 14.8 Å². The van der Waals surface area contributed by atoms with E-state index in [0.29, 0.717) is 10.7 Å². The molecule has 0 spiro atoms. The molecule has 9 heteroatoms. The zero-order chi connectivity index (χ0) is 20.6. The van der Waals surface area contributed by atoms with Gasteiger partial charge in [-0.2, -0.15) is 0 Å². The predicted octanol–water partition coefficient (Wildman–Crippen LogP) is 3.38. The van der Waals surface area contributed by atoms with Gasteiger partial charge in [0.25, 0.3) is 11.1 Å². The molecule has 2 aromatic rings. The zero-order valence-electron chi connectivity index (χ0n) is 15.8. The number of rotatable bonds is 9. The van der Waals surface area contributed by atoms with E-state index in [1.165, 1.54) is 11.3 Å². The molecule has 3 rings (SSSR count). The molecule has 1 aromatic heterocycles. The molecule has 29 heavy (non-hydrogen) atoms. The van der Waals surface area contributed by atoms with Crippen LogP contribution in [-0.4, -0.2) is 48.8 Å². The highest BCUT2D eigenvalue weighted by atomic mass is 32.2. The number of nitrogens with zero attached hydrogens (tertiary/aromatic N) is 1. The average molecular weight is 433 g/mol. The van der Waals surface area contributed by atoms with E-state index in [2.05, 4.69) is 5.32 Å². The first-order chi connectivity index (χ1) is 14.1. The Labute approximate surface area is 176 Å². The highest BCUT2D eigenvalue weighted by molar-refractivity contribution is 8.18. The zero-order valence-corrected chi connectivity index (χ0v) is 17.4. The molecule has 1 aliphatic rings. The molecule has 0 radical (unpaired) electrons. The van der Waals surface area contributed by atoms with Gasteiger partial charge < -0.3 is 14.8 Å². The number of thioether (sulfide) groups is 1. The molecule has 2 heterocycles. The highest BCUT2D eigenvalue weighted by Gasteiger charge is 2.34. The predicted molar refractivity (Wildman–Crippen MR) is 113 cm³/mol. The fourth-order valence-corrected chi connectivity index (χ4v) is 4.11. The van der Waals surface area contributed by atoms with Crippen LogP contribution in [0.25, 0.3) is 6.08 Å². The van der Waals surface area contributed by atoms with Gasteiger partial charge in [-0.15, -0.1) is 11.3 Å². The first-order valence-electron chi connectivity index (χ1n) is 8.89. The largest absolute Gasteiger partial charge is 0.497 e. The first-order valence-corrected chi connectivity index (χ1v) is 10.6. The maximum absolute atomic E-state index is 12.4. The normalized spacial score (nSPS) is 15.1. The van der Waals surface area contributed by atoms with Crippen molar-refractivity contribution in [3.05, 3.63) is 51.6 Å². The van der Waals surface area contributed by atoms with Crippen LogP contribution in [-0.2, 0) is 9.59 Å². The number of ether oxygens (including phenoxy) is 2. The fraction of sp³-hybridized carbons (Fsp3) is 0.250. The van der Waals surface area contributed by atoms with Gasteiger partial charge in [0.15, 0.2) is 0 Å². The van der Waals surface area contributed by atoms with Crippen molar-refractivity contribution >= 4 is 46.2 Å². The van der Waals surface area contributed by atoms with E-state index in [4.69, 9.17) is 9.47 Å². The summed E-state index contributed by atoms with van der Waals surface area (Å²) in [5.74, 6) is 0.840. The van der Waals surface area contributed by atoms with Crippen LogP contribution in [0.5, 0.6) is 11.5 Å². The first kappa shape index (κ1) is 20.9. The van der Waals surface area contributed by atoms with E-state index in [0.717, 1.165) is 27.3 Å². The Kier molecular flexibility index (Phi) is 7.31. The number of carbonyl (C=O) groups is 3. The van der Waals surface area contributed by atoms with Crippen LogP contribution in [0.15, 0.2) is 46.7 Å². The fourth-order valence-electron chi connectivity index (χ4n) is 2.52. The van der Waals surface area contributed by atoms with Gasteiger partial charge in [0.1, 0.15) is 11.5 Å². The maximum Gasteiger partial charge on any atom is 0.293 e. The summed E-state index contributed by atoms with van der Waals surface area (Å²) in [5, 5.41) is 4.29. The van der Waals surface area contributed by atoms with Gasteiger partial charge in [-0.3, -0.25) is 19.3 Å². The molecule has 0 aliphatic carbocycles. The lowest BCUT2D eigenvalue weighted by molar-refractivity contribution is -0.124. The molecule has 7 nitrogen and oxygen atoms in total. The van der Waals surface area contributed by atoms with E-state index in [1.54, 1.807) is 37.5 Å². The van der Waals surface area contributed by atoms with Gasteiger partial charge in [0.05, 0.1) is 25.0 Å². The Hall–Kier alpha value is -2.78. The summed E-state index contributed by atoms with van der Waals surface area (Å²) in [6.45, 7) is 0.562. The molecule has 1 fully saturated rings. The van der Waals surface area contributed by atoms with Crippen LogP contribution in [0, 0.1) is 0 Å². The summed E-state index contributed by atoms with van der Waals surface area (Å²) in [6.07, 6.45) is 1.89. The van der Waals surface area contributed by atoms with Gasteiger partial charge in [0.2, 0.25) is 5.91 Å². The summed E-state index contributed by atoms with van der Waals surface area (Å²) in [4.78, 5) is 38.8. The quantitative estimate of drug-likeness (QED) is 0.612. The molecule has 0 unspecified atom stereocenters. The van der Waals surface area contributed by atoms with Crippen molar-refractivity contribution in [2.24, 2.45) is 0 Å². The smallest absolute Gasteiger partial charge is 0.293 e. The number of hydrogen-bond donors (Lipinski definition) is 1. The standard InChI is InChI=1S/C20H20N2O5S2/c1-26-14-4-6-15(7-5-14)27-11-8-18(23)21-9-10-22-19(24)17(29-20(22)25)13-16-3-2-12-28-16/h2-7,12-13H,8-11H2,1H3,(H,21,23)/b17-13+. The number of imide groups is 1. The van der Waals surface area contributed by atoms with Crippen LogP contribution in [0.4, 0.5) is 4.79 Å². The van der Waals surface area contributed by atoms with Gasteiger partial charge in [0, 0.05) is 18.0 Å². The second-order valence-electron chi connectivity index (χ2n) is 5.97. The summed E-state index contributed by atoms with van der Waals surface area (Å²) < 4.78 is 10.6. The minimum absolute atomic E-state index is 0.136. The second-order valence-corrected chi connectivity index (χ2v) is 7.95. The highest BCUT2D eigenvalue weighted by Crippen LogP contribution is 2.32. The van der Waals surface area contributed by atoms with Gasteiger partial charge in [-0.1, -0.05) is 6.07 Å².